The smallest absolute Gasteiger partial charge is 0.407 e. The number of hydrogen-bond acceptors (Lipinski definition) is 2. The van der Waals surface area contributed by atoms with Crippen LogP contribution in [-0.2, 0) is 6.42 Å². The zero-order chi connectivity index (χ0) is 15.1. The van der Waals surface area contributed by atoms with Gasteiger partial charge in [0.1, 0.15) is 0 Å². The number of benzene rings is 1. The summed E-state index contributed by atoms with van der Waals surface area (Å²) in [5, 5.41) is 20.7. The first kappa shape index (κ1) is 14.4. The van der Waals surface area contributed by atoms with Gasteiger partial charge in [0.2, 0.25) is 0 Å². The van der Waals surface area contributed by atoms with Gasteiger partial charge in [0.05, 0.1) is 11.6 Å². The fourth-order valence-corrected chi connectivity index (χ4v) is 4.18. The van der Waals surface area contributed by atoms with Crippen LogP contribution in [0.4, 0.5) is 4.79 Å². The maximum atomic E-state index is 11.4. The Bertz CT molecular complexity index is 526. The van der Waals surface area contributed by atoms with Crippen LogP contribution in [0.2, 0.25) is 0 Å². The van der Waals surface area contributed by atoms with Crippen molar-refractivity contribution in [2.45, 2.75) is 50.7 Å². The summed E-state index contributed by atoms with van der Waals surface area (Å²) < 4.78 is 0. The van der Waals surface area contributed by atoms with Crippen molar-refractivity contribution in [2.24, 2.45) is 5.41 Å². The average molecular weight is 289 g/mol. The largest absolute Gasteiger partial charge is 0.465 e. The van der Waals surface area contributed by atoms with Gasteiger partial charge in [-0.1, -0.05) is 37.3 Å². The Morgan fingerprint density at radius 2 is 1.95 bits per heavy atom. The van der Waals surface area contributed by atoms with Gasteiger partial charge in [-0.25, -0.2) is 4.79 Å². The highest BCUT2D eigenvalue weighted by molar-refractivity contribution is 5.66. The summed E-state index contributed by atoms with van der Waals surface area (Å²) in [6.45, 7) is 2.41. The van der Waals surface area contributed by atoms with Gasteiger partial charge >= 0.3 is 6.09 Å². The molecular formula is C17H23NO3. The molecule has 0 unspecified atom stereocenters. The van der Waals surface area contributed by atoms with E-state index in [2.05, 4.69) is 12.1 Å². The Labute approximate surface area is 125 Å². The first-order chi connectivity index (χ1) is 10.0. The molecule has 114 valence electrons. The van der Waals surface area contributed by atoms with Gasteiger partial charge in [-0.3, -0.25) is 0 Å². The molecule has 1 saturated carbocycles. The van der Waals surface area contributed by atoms with Crippen molar-refractivity contribution in [1.29, 1.82) is 0 Å². The number of nitrogens with zero attached hydrogens (tertiary/aromatic N) is 1. The molecule has 0 spiro atoms. The van der Waals surface area contributed by atoms with E-state index in [9.17, 15) is 15.0 Å². The van der Waals surface area contributed by atoms with Crippen LogP contribution in [-0.4, -0.2) is 39.4 Å². The Kier molecular flexibility index (Phi) is 3.44. The van der Waals surface area contributed by atoms with E-state index in [1.54, 1.807) is 0 Å². The van der Waals surface area contributed by atoms with Crippen LogP contribution in [0.1, 0.15) is 38.2 Å². The summed E-state index contributed by atoms with van der Waals surface area (Å²) in [6, 6.07) is 9.94. The number of rotatable bonds is 4. The van der Waals surface area contributed by atoms with Crippen molar-refractivity contribution < 1.29 is 15.0 Å². The van der Waals surface area contributed by atoms with Gasteiger partial charge in [0.15, 0.2) is 0 Å². The van der Waals surface area contributed by atoms with E-state index in [1.807, 2.05) is 25.1 Å². The molecule has 1 aromatic rings. The van der Waals surface area contributed by atoms with Crippen LogP contribution in [0.5, 0.6) is 0 Å². The second kappa shape index (κ2) is 5.02. The molecule has 2 atom stereocenters. The van der Waals surface area contributed by atoms with E-state index in [0.717, 1.165) is 19.3 Å². The summed E-state index contributed by atoms with van der Waals surface area (Å²) in [4.78, 5) is 12.8. The highest BCUT2D eigenvalue weighted by Gasteiger charge is 2.64. The lowest BCUT2D eigenvalue weighted by Gasteiger charge is -2.39. The Hall–Kier alpha value is -1.55. The molecule has 2 aliphatic rings. The average Bonchev–Trinajstić information content (AvgIpc) is 3.16. The molecule has 1 aliphatic carbocycles. The van der Waals surface area contributed by atoms with Gasteiger partial charge < -0.3 is 15.1 Å². The molecule has 2 N–H and O–H groups in total. The molecule has 1 amide bonds. The molecule has 2 fully saturated rings. The highest BCUT2D eigenvalue weighted by Crippen LogP contribution is 2.61. The van der Waals surface area contributed by atoms with Crippen LogP contribution in [0.3, 0.4) is 0 Å². The minimum Gasteiger partial charge on any atom is -0.465 e. The van der Waals surface area contributed by atoms with Crippen LogP contribution < -0.4 is 0 Å². The van der Waals surface area contributed by atoms with Crippen molar-refractivity contribution in [3.63, 3.8) is 0 Å². The SMILES string of the molecule is CC[C@@H]1N(C(=O)O)CC[C@@]1(O)C1(Cc2ccccc2)CC1. The molecule has 1 aliphatic heterocycles. The number of likely N-dealkylation sites (tertiary alicyclic amines) is 1. The first-order valence-corrected chi connectivity index (χ1v) is 7.78. The summed E-state index contributed by atoms with van der Waals surface area (Å²) in [5.74, 6) is 0. The van der Waals surface area contributed by atoms with Crippen molar-refractivity contribution in [2.75, 3.05) is 6.54 Å². The molecule has 0 bridgehead atoms. The molecular weight excluding hydrogens is 266 g/mol. The summed E-state index contributed by atoms with van der Waals surface area (Å²) in [7, 11) is 0. The third kappa shape index (κ3) is 2.22. The fraction of sp³-hybridized carbons (Fsp3) is 0.588. The maximum absolute atomic E-state index is 11.4. The minimum absolute atomic E-state index is 0.140. The molecule has 1 heterocycles. The number of carboxylic acid groups (broad SMARTS) is 1. The predicted octanol–water partition coefficient (Wildman–Crippen LogP) is 2.90. The van der Waals surface area contributed by atoms with Crippen molar-refractivity contribution in [3.05, 3.63) is 35.9 Å². The quantitative estimate of drug-likeness (QED) is 0.896. The van der Waals surface area contributed by atoms with E-state index in [4.69, 9.17) is 0 Å². The van der Waals surface area contributed by atoms with E-state index in [1.165, 1.54) is 10.5 Å². The molecule has 4 nitrogen and oxygen atoms in total. The van der Waals surface area contributed by atoms with Crippen molar-refractivity contribution in [1.82, 2.24) is 4.90 Å². The minimum atomic E-state index is -0.909. The van der Waals surface area contributed by atoms with Crippen molar-refractivity contribution in [3.8, 4) is 0 Å². The highest BCUT2D eigenvalue weighted by atomic mass is 16.4. The van der Waals surface area contributed by atoms with E-state index in [0.29, 0.717) is 19.4 Å². The van der Waals surface area contributed by atoms with Gasteiger partial charge in [-0.2, -0.15) is 0 Å². The molecule has 0 aromatic heterocycles. The monoisotopic (exact) mass is 289 g/mol. The molecule has 3 rings (SSSR count). The number of hydrogen-bond donors (Lipinski definition) is 2. The number of aliphatic hydroxyl groups is 1. The first-order valence-electron chi connectivity index (χ1n) is 7.78. The molecule has 21 heavy (non-hydrogen) atoms. The Morgan fingerprint density at radius 3 is 2.48 bits per heavy atom. The van der Waals surface area contributed by atoms with Gasteiger partial charge in [0.25, 0.3) is 0 Å². The zero-order valence-electron chi connectivity index (χ0n) is 12.5. The van der Waals surface area contributed by atoms with Gasteiger partial charge in [0, 0.05) is 12.0 Å². The van der Waals surface area contributed by atoms with Crippen LogP contribution in [0.15, 0.2) is 30.3 Å². The Balaban J connectivity index is 1.86. The van der Waals surface area contributed by atoms with E-state index < -0.39 is 11.7 Å². The van der Waals surface area contributed by atoms with Crippen molar-refractivity contribution >= 4 is 6.09 Å². The lowest BCUT2D eigenvalue weighted by molar-refractivity contribution is -0.0586. The standard InChI is InChI=1S/C17H23NO3/c1-2-14-17(21,10-11-18(14)15(19)20)16(8-9-16)12-13-6-4-3-5-7-13/h3-7,14,21H,2,8-12H2,1H3,(H,19,20)/t14-,17-/m0/s1. The summed E-state index contributed by atoms with van der Waals surface area (Å²) >= 11 is 0. The molecule has 1 saturated heterocycles. The topological polar surface area (TPSA) is 60.8 Å². The van der Waals surface area contributed by atoms with Gasteiger partial charge in [-0.15, -0.1) is 0 Å². The summed E-state index contributed by atoms with van der Waals surface area (Å²) in [5.41, 5.74) is 0.210. The number of carbonyl (C=O) groups is 1. The van der Waals surface area contributed by atoms with Crippen LogP contribution >= 0.6 is 0 Å². The Morgan fingerprint density at radius 1 is 1.29 bits per heavy atom. The van der Waals surface area contributed by atoms with Crippen LogP contribution in [0.25, 0.3) is 0 Å². The lowest BCUT2D eigenvalue weighted by Crippen LogP contribution is -2.52. The van der Waals surface area contributed by atoms with Gasteiger partial charge in [-0.05, 0) is 37.7 Å². The van der Waals surface area contributed by atoms with E-state index in [-0.39, 0.29) is 11.5 Å². The predicted molar refractivity (Wildman–Crippen MR) is 80.2 cm³/mol. The number of amides is 1. The zero-order valence-corrected chi connectivity index (χ0v) is 12.5. The molecule has 1 aromatic carbocycles. The second-order valence-electron chi connectivity index (χ2n) is 6.52. The second-order valence-corrected chi connectivity index (χ2v) is 6.52. The maximum Gasteiger partial charge on any atom is 0.407 e. The third-order valence-electron chi connectivity index (χ3n) is 5.45. The molecule has 4 heteroatoms. The summed E-state index contributed by atoms with van der Waals surface area (Å²) in [6.07, 6.45) is 3.14. The van der Waals surface area contributed by atoms with Crippen LogP contribution in [0, 0.1) is 5.41 Å². The normalized spacial score (nSPS) is 30.4. The fourth-order valence-electron chi connectivity index (χ4n) is 4.18. The van der Waals surface area contributed by atoms with E-state index >= 15 is 0 Å². The lowest BCUT2D eigenvalue weighted by atomic mass is 9.74. The molecule has 0 radical (unpaired) electrons. The third-order valence-corrected chi connectivity index (χ3v) is 5.45.